The highest BCUT2D eigenvalue weighted by Gasteiger charge is 2.13. The summed E-state index contributed by atoms with van der Waals surface area (Å²) in [6, 6.07) is 9.02. The van der Waals surface area contributed by atoms with Crippen LogP contribution in [0.2, 0.25) is 0 Å². The van der Waals surface area contributed by atoms with Crippen LogP contribution in [0.1, 0.15) is 37.7 Å². The summed E-state index contributed by atoms with van der Waals surface area (Å²) in [5.74, 6) is 0.0889. The van der Waals surface area contributed by atoms with Gasteiger partial charge in [-0.25, -0.2) is 9.78 Å². The highest BCUT2D eigenvalue weighted by atomic mass is 32.1. The number of hydrogen-bond acceptors (Lipinski definition) is 6. The second-order valence-corrected chi connectivity index (χ2v) is 8.14. The lowest BCUT2D eigenvalue weighted by molar-refractivity contribution is -0.147. The van der Waals surface area contributed by atoms with E-state index in [-0.39, 0.29) is 24.2 Å². The number of aryl methyl sites for hydroxylation is 1. The van der Waals surface area contributed by atoms with E-state index in [1.54, 1.807) is 0 Å². The highest BCUT2D eigenvalue weighted by molar-refractivity contribution is 7.15. The molecule has 0 N–H and O–H groups in total. The fourth-order valence-corrected chi connectivity index (χ4v) is 3.46. The molecule has 2 heterocycles. The molecule has 0 aliphatic carbocycles. The molecule has 0 saturated heterocycles. The predicted molar refractivity (Wildman–Crippen MR) is 105 cm³/mol. The van der Waals surface area contributed by atoms with Crippen molar-refractivity contribution in [3.63, 3.8) is 0 Å². The van der Waals surface area contributed by atoms with E-state index in [4.69, 9.17) is 9.47 Å². The Labute approximate surface area is 161 Å². The van der Waals surface area contributed by atoms with Crippen LogP contribution in [0.15, 0.2) is 40.5 Å². The van der Waals surface area contributed by atoms with Crippen molar-refractivity contribution >= 4 is 22.3 Å². The molecule has 0 aliphatic heterocycles. The Morgan fingerprint density at radius 1 is 1.22 bits per heavy atom. The minimum Gasteiger partial charge on any atom is -0.482 e. The Hall–Kier alpha value is -2.67. The summed E-state index contributed by atoms with van der Waals surface area (Å²) < 4.78 is 12.2. The molecule has 0 radical (unpaired) electrons. The molecule has 0 atom stereocenters. The molecule has 6 nitrogen and oxygen atoms in total. The van der Waals surface area contributed by atoms with Gasteiger partial charge in [0.2, 0.25) is 0 Å². The Morgan fingerprint density at radius 3 is 2.59 bits per heavy atom. The number of ether oxygens (including phenoxy) is 2. The van der Waals surface area contributed by atoms with E-state index in [1.165, 1.54) is 27.4 Å². The van der Waals surface area contributed by atoms with Gasteiger partial charge in [-0.3, -0.25) is 9.20 Å². The van der Waals surface area contributed by atoms with E-state index < -0.39 is 5.97 Å². The highest BCUT2D eigenvalue weighted by Crippen LogP contribution is 2.24. The molecule has 0 saturated carbocycles. The zero-order valence-corrected chi connectivity index (χ0v) is 16.6. The van der Waals surface area contributed by atoms with Crippen LogP contribution in [0.25, 0.3) is 4.96 Å². The topological polar surface area (TPSA) is 69.9 Å². The molecule has 1 aromatic carbocycles. The number of thiazole rings is 1. The molecule has 0 amide bonds. The molecular weight excluding hydrogens is 364 g/mol. The number of hydrogen-bond donors (Lipinski definition) is 0. The predicted octanol–water partition coefficient (Wildman–Crippen LogP) is 3.48. The average Bonchev–Trinajstić information content (AvgIpc) is 2.99. The minimum absolute atomic E-state index is 0.0609. The van der Waals surface area contributed by atoms with Crippen molar-refractivity contribution in [2.45, 2.75) is 39.7 Å². The summed E-state index contributed by atoms with van der Waals surface area (Å²) in [4.78, 5) is 28.9. The Kier molecular flexibility index (Phi) is 5.32. The lowest BCUT2D eigenvalue weighted by atomic mass is 9.87. The third kappa shape index (κ3) is 4.54. The van der Waals surface area contributed by atoms with Crippen LogP contribution in [0, 0.1) is 6.92 Å². The van der Waals surface area contributed by atoms with E-state index >= 15 is 0 Å². The zero-order valence-electron chi connectivity index (χ0n) is 15.8. The maximum absolute atomic E-state index is 12.1. The van der Waals surface area contributed by atoms with Crippen LogP contribution >= 0.6 is 11.3 Å². The average molecular weight is 386 g/mol. The smallest absolute Gasteiger partial charge is 0.344 e. The van der Waals surface area contributed by atoms with Crippen molar-refractivity contribution < 1.29 is 14.3 Å². The van der Waals surface area contributed by atoms with Gasteiger partial charge in [0.1, 0.15) is 12.4 Å². The third-order valence-corrected chi connectivity index (χ3v) is 5.03. The molecule has 0 unspecified atom stereocenters. The number of rotatable bonds is 5. The van der Waals surface area contributed by atoms with Crippen LogP contribution in [-0.2, 0) is 21.6 Å². The van der Waals surface area contributed by atoms with Gasteiger partial charge >= 0.3 is 5.97 Å². The SMILES string of the molecule is Cc1csc2nc(COC(=O)COc3ccc(C(C)(C)C)cc3)cc(=O)n12. The number of carbonyl (C=O) groups is 1. The van der Waals surface area contributed by atoms with E-state index in [2.05, 4.69) is 25.8 Å². The summed E-state index contributed by atoms with van der Waals surface area (Å²) >= 11 is 1.37. The first-order chi connectivity index (χ1) is 12.7. The monoisotopic (exact) mass is 386 g/mol. The Bertz CT molecular complexity index is 1010. The molecule has 0 fully saturated rings. The van der Waals surface area contributed by atoms with Crippen LogP contribution < -0.4 is 10.3 Å². The van der Waals surface area contributed by atoms with Crippen LogP contribution in [0.3, 0.4) is 0 Å². The number of carbonyl (C=O) groups excluding carboxylic acids is 1. The van der Waals surface area contributed by atoms with E-state index in [9.17, 15) is 9.59 Å². The van der Waals surface area contributed by atoms with E-state index in [0.29, 0.717) is 16.4 Å². The van der Waals surface area contributed by atoms with Gasteiger partial charge in [0.15, 0.2) is 11.6 Å². The first-order valence-electron chi connectivity index (χ1n) is 8.60. The van der Waals surface area contributed by atoms with Crippen molar-refractivity contribution in [1.29, 1.82) is 0 Å². The molecule has 27 heavy (non-hydrogen) atoms. The van der Waals surface area contributed by atoms with Gasteiger partial charge in [-0.2, -0.15) is 0 Å². The van der Waals surface area contributed by atoms with Crippen molar-refractivity contribution in [2.75, 3.05) is 6.61 Å². The van der Waals surface area contributed by atoms with Crippen LogP contribution in [0.5, 0.6) is 5.75 Å². The van der Waals surface area contributed by atoms with Crippen LogP contribution in [0.4, 0.5) is 0 Å². The second kappa shape index (κ2) is 7.52. The fraction of sp³-hybridized carbons (Fsp3) is 0.350. The van der Waals surface area contributed by atoms with Gasteiger partial charge in [-0.1, -0.05) is 32.9 Å². The number of esters is 1. The van der Waals surface area contributed by atoms with Gasteiger partial charge in [0.05, 0.1) is 5.69 Å². The molecule has 3 rings (SSSR count). The Morgan fingerprint density at radius 2 is 1.93 bits per heavy atom. The van der Waals surface area contributed by atoms with Crippen LogP contribution in [-0.4, -0.2) is 22.0 Å². The summed E-state index contributed by atoms with van der Waals surface area (Å²) in [6.45, 7) is 7.98. The van der Waals surface area contributed by atoms with Crippen molar-refractivity contribution in [1.82, 2.24) is 9.38 Å². The Balaban J connectivity index is 1.55. The molecule has 0 bridgehead atoms. The van der Waals surface area contributed by atoms with Gasteiger partial charge in [-0.15, -0.1) is 11.3 Å². The summed E-state index contributed by atoms with van der Waals surface area (Å²) in [6.07, 6.45) is 0. The zero-order chi connectivity index (χ0) is 19.6. The molecule has 2 aromatic heterocycles. The minimum atomic E-state index is -0.515. The molecular formula is C20H22N2O4S. The van der Waals surface area contributed by atoms with Crippen molar-refractivity contribution in [3.05, 3.63) is 63.0 Å². The molecule has 3 aromatic rings. The normalized spacial score (nSPS) is 11.6. The molecule has 7 heteroatoms. The number of fused-ring (bicyclic) bond motifs is 1. The quantitative estimate of drug-likeness (QED) is 0.628. The van der Waals surface area contributed by atoms with E-state index in [0.717, 1.165) is 5.69 Å². The largest absolute Gasteiger partial charge is 0.482 e. The second-order valence-electron chi connectivity index (χ2n) is 7.30. The first-order valence-corrected chi connectivity index (χ1v) is 9.48. The maximum atomic E-state index is 12.1. The van der Waals surface area contributed by atoms with Crippen molar-refractivity contribution in [2.24, 2.45) is 0 Å². The number of aromatic nitrogens is 2. The molecule has 142 valence electrons. The lowest BCUT2D eigenvalue weighted by Gasteiger charge is -2.19. The molecule has 0 aliphatic rings. The number of nitrogens with zero attached hydrogens (tertiary/aromatic N) is 2. The first kappa shape index (κ1) is 19.1. The fourth-order valence-electron chi connectivity index (χ4n) is 2.56. The van der Waals surface area contributed by atoms with Gasteiger partial charge in [-0.05, 0) is 30.0 Å². The summed E-state index contributed by atoms with van der Waals surface area (Å²) in [5.41, 5.74) is 2.33. The van der Waals surface area contributed by atoms with E-state index in [1.807, 2.05) is 36.6 Å². The van der Waals surface area contributed by atoms with Gasteiger partial charge in [0, 0.05) is 17.1 Å². The van der Waals surface area contributed by atoms with Crippen molar-refractivity contribution in [3.8, 4) is 5.75 Å². The van der Waals surface area contributed by atoms with Gasteiger partial charge in [0.25, 0.3) is 5.56 Å². The van der Waals surface area contributed by atoms with Gasteiger partial charge < -0.3 is 9.47 Å². The summed E-state index contributed by atoms with van der Waals surface area (Å²) in [5, 5.41) is 1.86. The lowest BCUT2D eigenvalue weighted by Crippen LogP contribution is -2.18. The number of benzene rings is 1. The maximum Gasteiger partial charge on any atom is 0.344 e. The standard InChI is InChI=1S/C20H22N2O4S/c1-13-12-27-19-21-15(9-17(23)22(13)19)10-26-18(24)11-25-16-7-5-14(6-8-16)20(2,3)4/h5-9,12H,10-11H2,1-4H3. The summed E-state index contributed by atoms with van der Waals surface area (Å²) in [7, 11) is 0. The third-order valence-electron chi connectivity index (χ3n) is 4.09. The molecule has 0 spiro atoms.